The van der Waals surface area contributed by atoms with Gasteiger partial charge in [-0.2, -0.15) is 5.26 Å². The summed E-state index contributed by atoms with van der Waals surface area (Å²) in [5, 5.41) is 8.85. The third kappa shape index (κ3) is 4.10. The maximum absolute atomic E-state index is 12.8. The summed E-state index contributed by atoms with van der Waals surface area (Å²) < 4.78 is 5.81. The Kier molecular flexibility index (Phi) is 5.24. The van der Waals surface area contributed by atoms with E-state index in [2.05, 4.69) is 22.9 Å². The van der Waals surface area contributed by atoms with Gasteiger partial charge in [-0.3, -0.25) is 4.79 Å². The van der Waals surface area contributed by atoms with Crippen molar-refractivity contribution in [2.45, 2.75) is 38.2 Å². The quantitative estimate of drug-likeness (QED) is 0.839. The average Bonchev–Trinajstić information content (AvgIpc) is 3.07. The summed E-state index contributed by atoms with van der Waals surface area (Å²) in [6.07, 6.45) is 5.37. The van der Waals surface area contributed by atoms with Crippen LogP contribution in [0.5, 0.6) is 0 Å². The highest BCUT2D eigenvalue weighted by Crippen LogP contribution is 2.28. The fraction of sp³-hybridized carbons (Fsp3) is 0.632. The van der Waals surface area contributed by atoms with Crippen LogP contribution in [-0.2, 0) is 9.53 Å². The van der Waals surface area contributed by atoms with Gasteiger partial charge in [0.15, 0.2) is 0 Å². The topological polar surface area (TPSA) is 69.5 Å². The number of anilines is 1. The number of likely N-dealkylation sites (N-methyl/N-ethyl adjacent to an activating group) is 1. The monoisotopic (exact) mass is 342 g/mol. The van der Waals surface area contributed by atoms with Crippen molar-refractivity contribution in [3.8, 4) is 6.07 Å². The van der Waals surface area contributed by atoms with E-state index >= 15 is 0 Å². The van der Waals surface area contributed by atoms with Crippen LogP contribution in [-0.4, -0.2) is 54.7 Å². The zero-order chi connectivity index (χ0) is 17.9. The van der Waals surface area contributed by atoms with Gasteiger partial charge in [0.1, 0.15) is 11.9 Å². The Morgan fingerprint density at radius 2 is 2.24 bits per heavy atom. The molecule has 2 fully saturated rings. The maximum Gasteiger partial charge on any atom is 0.225 e. The second-order valence-electron chi connectivity index (χ2n) is 7.37. The van der Waals surface area contributed by atoms with Crippen LogP contribution < -0.4 is 4.90 Å². The van der Waals surface area contributed by atoms with E-state index in [0.29, 0.717) is 12.1 Å². The molecule has 0 aromatic carbocycles. The van der Waals surface area contributed by atoms with Gasteiger partial charge in [-0.15, -0.1) is 0 Å². The molecule has 3 heterocycles. The van der Waals surface area contributed by atoms with Crippen LogP contribution in [0.1, 0.15) is 38.2 Å². The van der Waals surface area contributed by atoms with Crippen LogP contribution in [0.3, 0.4) is 0 Å². The SMILES string of the molecule is CN(CC1(C)CCCO1)C(=O)C1CCN(c2ccc(C#N)cn2)CC1. The molecule has 2 saturated heterocycles. The number of rotatable bonds is 4. The second kappa shape index (κ2) is 7.40. The number of hydrogen-bond acceptors (Lipinski definition) is 5. The van der Waals surface area contributed by atoms with Crippen molar-refractivity contribution in [3.05, 3.63) is 23.9 Å². The number of pyridine rings is 1. The van der Waals surface area contributed by atoms with Gasteiger partial charge in [-0.25, -0.2) is 4.98 Å². The third-order valence-corrected chi connectivity index (χ3v) is 5.29. The fourth-order valence-corrected chi connectivity index (χ4v) is 3.85. The highest BCUT2D eigenvalue weighted by molar-refractivity contribution is 5.79. The van der Waals surface area contributed by atoms with Gasteiger partial charge >= 0.3 is 0 Å². The molecule has 0 N–H and O–H groups in total. The Labute approximate surface area is 149 Å². The van der Waals surface area contributed by atoms with Crippen molar-refractivity contribution in [2.24, 2.45) is 5.92 Å². The lowest BCUT2D eigenvalue weighted by Gasteiger charge is -2.36. The summed E-state index contributed by atoms with van der Waals surface area (Å²) in [7, 11) is 1.89. The lowest BCUT2D eigenvalue weighted by Crippen LogP contribution is -2.46. The van der Waals surface area contributed by atoms with Crippen LogP contribution >= 0.6 is 0 Å². The minimum absolute atomic E-state index is 0.0737. The summed E-state index contributed by atoms with van der Waals surface area (Å²) in [6.45, 7) is 5.20. The Balaban J connectivity index is 1.52. The number of nitrogens with zero attached hydrogens (tertiary/aromatic N) is 4. The van der Waals surface area contributed by atoms with E-state index in [9.17, 15) is 4.79 Å². The summed E-state index contributed by atoms with van der Waals surface area (Å²) in [5.74, 6) is 1.18. The van der Waals surface area contributed by atoms with Crippen LogP contribution in [0.15, 0.2) is 18.3 Å². The number of aromatic nitrogens is 1. The number of piperidine rings is 1. The van der Waals surface area contributed by atoms with E-state index in [1.807, 2.05) is 18.0 Å². The van der Waals surface area contributed by atoms with E-state index in [4.69, 9.17) is 10.00 Å². The van der Waals surface area contributed by atoms with Gasteiger partial charge in [-0.1, -0.05) is 0 Å². The van der Waals surface area contributed by atoms with Crippen LogP contribution in [0.2, 0.25) is 0 Å². The summed E-state index contributed by atoms with van der Waals surface area (Å²) in [4.78, 5) is 21.1. The van der Waals surface area contributed by atoms with Crippen molar-refractivity contribution >= 4 is 11.7 Å². The minimum atomic E-state index is -0.183. The van der Waals surface area contributed by atoms with Gasteiger partial charge in [0.2, 0.25) is 5.91 Å². The predicted molar refractivity (Wildman–Crippen MR) is 95.1 cm³/mol. The number of ether oxygens (including phenoxy) is 1. The Bertz CT molecular complexity index is 638. The first-order chi connectivity index (χ1) is 12.0. The molecule has 2 aliphatic rings. The zero-order valence-electron chi connectivity index (χ0n) is 15.1. The lowest BCUT2D eigenvalue weighted by molar-refractivity contribution is -0.138. The maximum atomic E-state index is 12.8. The molecular formula is C19H26N4O2. The van der Waals surface area contributed by atoms with Crippen molar-refractivity contribution < 1.29 is 9.53 Å². The molecular weight excluding hydrogens is 316 g/mol. The van der Waals surface area contributed by atoms with Gasteiger partial charge in [0.25, 0.3) is 0 Å². The number of hydrogen-bond donors (Lipinski definition) is 0. The van der Waals surface area contributed by atoms with Gasteiger partial charge in [0, 0.05) is 45.4 Å². The molecule has 0 aliphatic carbocycles. The second-order valence-corrected chi connectivity index (χ2v) is 7.37. The first kappa shape index (κ1) is 17.7. The van der Waals surface area contributed by atoms with Gasteiger partial charge in [0.05, 0.1) is 11.2 Å². The van der Waals surface area contributed by atoms with Crippen molar-refractivity contribution in [1.29, 1.82) is 5.26 Å². The average molecular weight is 342 g/mol. The molecule has 6 nitrogen and oxygen atoms in total. The summed E-state index contributed by atoms with van der Waals surface area (Å²) in [6, 6.07) is 5.75. The van der Waals surface area contributed by atoms with E-state index in [1.165, 1.54) is 0 Å². The Hall–Kier alpha value is -2.13. The molecule has 1 amide bonds. The molecule has 1 aromatic heterocycles. The fourth-order valence-electron chi connectivity index (χ4n) is 3.85. The van der Waals surface area contributed by atoms with E-state index in [0.717, 1.165) is 51.2 Å². The molecule has 1 atom stereocenters. The van der Waals surface area contributed by atoms with Gasteiger partial charge in [-0.05, 0) is 44.7 Å². The zero-order valence-corrected chi connectivity index (χ0v) is 15.1. The largest absolute Gasteiger partial charge is 0.373 e. The van der Waals surface area contributed by atoms with Crippen molar-refractivity contribution in [2.75, 3.05) is 38.2 Å². The first-order valence-electron chi connectivity index (χ1n) is 9.01. The summed E-state index contributed by atoms with van der Waals surface area (Å²) >= 11 is 0. The smallest absolute Gasteiger partial charge is 0.225 e. The molecule has 2 aliphatic heterocycles. The number of amides is 1. The molecule has 134 valence electrons. The van der Waals surface area contributed by atoms with Crippen molar-refractivity contribution in [1.82, 2.24) is 9.88 Å². The standard InChI is InChI=1S/C19H26N4O2/c1-19(8-3-11-25-19)14-22(2)18(24)16-6-9-23(10-7-16)17-5-4-15(12-20)13-21-17/h4-5,13,16H,3,6-11,14H2,1-2H3. The third-order valence-electron chi connectivity index (χ3n) is 5.29. The van der Waals surface area contributed by atoms with E-state index < -0.39 is 0 Å². The molecule has 1 aromatic rings. The van der Waals surface area contributed by atoms with Gasteiger partial charge < -0.3 is 14.5 Å². The molecule has 0 bridgehead atoms. The molecule has 0 radical (unpaired) electrons. The molecule has 0 saturated carbocycles. The summed E-state index contributed by atoms with van der Waals surface area (Å²) in [5.41, 5.74) is 0.385. The highest BCUT2D eigenvalue weighted by atomic mass is 16.5. The van der Waals surface area contributed by atoms with Crippen LogP contribution in [0.4, 0.5) is 5.82 Å². The normalized spacial score (nSPS) is 24.1. The molecule has 0 spiro atoms. The van der Waals surface area contributed by atoms with E-state index in [-0.39, 0.29) is 17.4 Å². The van der Waals surface area contributed by atoms with Crippen LogP contribution in [0.25, 0.3) is 0 Å². The van der Waals surface area contributed by atoms with Crippen molar-refractivity contribution in [3.63, 3.8) is 0 Å². The molecule has 1 unspecified atom stereocenters. The molecule has 25 heavy (non-hydrogen) atoms. The molecule has 6 heteroatoms. The number of nitriles is 1. The Morgan fingerprint density at radius 1 is 1.48 bits per heavy atom. The predicted octanol–water partition coefficient (Wildman–Crippen LogP) is 2.20. The Morgan fingerprint density at radius 3 is 2.80 bits per heavy atom. The number of carbonyl (C=O) groups is 1. The molecule has 3 rings (SSSR count). The van der Waals surface area contributed by atoms with Crippen LogP contribution in [0, 0.1) is 17.2 Å². The minimum Gasteiger partial charge on any atom is -0.373 e. The highest BCUT2D eigenvalue weighted by Gasteiger charge is 2.34. The lowest BCUT2D eigenvalue weighted by atomic mass is 9.94. The first-order valence-corrected chi connectivity index (χ1v) is 9.01. The van der Waals surface area contributed by atoms with E-state index in [1.54, 1.807) is 12.3 Å². The number of carbonyl (C=O) groups excluding carboxylic acids is 1.